The maximum absolute atomic E-state index is 11.9. The zero-order valence-electron chi connectivity index (χ0n) is 11.2. The second-order valence-electron chi connectivity index (χ2n) is 5.23. The largest absolute Gasteiger partial charge is 0.469 e. The molecule has 0 saturated carbocycles. The van der Waals surface area contributed by atoms with Crippen molar-refractivity contribution in [3.05, 3.63) is 23.7 Å². The third-order valence-corrected chi connectivity index (χ3v) is 3.55. The lowest BCUT2D eigenvalue weighted by molar-refractivity contribution is 0.0533. The molecule has 100 valence electrons. The van der Waals surface area contributed by atoms with Gasteiger partial charge >= 0.3 is 0 Å². The summed E-state index contributed by atoms with van der Waals surface area (Å²) in [6.45, 7) is 7.58. The second-order valence-corrected chi connectivity index (χ2v) is 5.23. The predicted molar refractivity (Wildman–Crippen MR) is 68.5 cm³/mol. The predicted octanol–water partition coefficient (Wildman–Crippen LogP) is 2.38. The molecule has 0 aliphatic carbocycles. The van der Waals surface area contributed by atoms with Crippen molar-refractivity contribution < 1.29 is 13.9 Å². The molecule has 1 saturated heterocycles. The first-order valence-corrected chi connectivity index (χ1v) is 6.53. The van der Waals surface area contributed by atoms with E-state index in [0.29, 0.717) is 29.7 Å². The highest BCUT2D eigenvalue weighted by Gasteiger charge is 2.30. The van der Waals surface area contributed by atoms with Gasteiger partial charge in [0.15, 0.2) is 0 Å². The van der Waals surface area contributed by atoms with E-state index in [4.69, 9.17) is 9.15 Å². The molecule has 0 spiro atoms. The van der Waals surface area contributed by atoms with Gasteiger partial charge in [0, 0.05) is 19.1 Å². The number of aryl methyl sites for hydroxylation is 1. The van der Waals surface area contributed by atoms with Crippen LogP contribution in [0.25, 0.3) is 0 Å². The van der Waals surface area contributed by atoms with E-state index < -0.39 is 0 Å². The van der Waals surface area contributed by atoms with E-state index in [1.54, 1.807) is 19.3 Å². The van der Waals surface area contributed by atoms with Gasteiger partial charge in [0.2, 0.25) is 0 Å². The Labute approximate surface area is 108 Å². The smallest absolute Gasteiger partial charge is 0.254 e. The van der Waals surface area contributed by atoms with Crippen molar-refractivity contribution in [1.82, 2.24) is 5.32 Å². The highest BCUT2D eigenvalue weighted by molar-refractivity contribution is 5.95. The average Bonchev–Trinajstić information content (AvgIpc) is 2.94. The lowest BCUT2D eigenvalue weighted by atomic mass is 9.93. The number of hydrogen-bond acceptors (Lipinski definition) is 3. The number of ether oxygens (including phenoxy) is 1. The molecule has 1 aromatic heterocycles. The van der Waals surface area contributed by atoms with E-state index >= 15 is 0 Å². The molecule has 18 heavy (non-hydrogen) atoms. The Morgan fingerprint density at radius 2 is 2.33 bits per heavy atom. The van der Waals surface area contributed by atoms with Crippen molar-refractivity contribution in [1.29, 1.82) is 0 Å². The van der Waals surface area contributed by atoms with Gasteiger partial charge in [0.05, 0.1) is 17.9 Å². The fourth-order valence-electron chi connectivity index (χ4n) is 2.55. The third kappa shape index (κ3) is 2.75. The minimum Gasteiger partial charge on any atom is -0.469 e. The summed E-state index contributed by atoms with van der Waals surface area (Å²) < 4.78 is 10.8. The molecule has 1 fully saturated rings. The standard InChI is InChI=1S/C14H21NO3/c1-9(2)13-11(4-6-18-13)8-15-14(16)12-5-7-17-10(12)3/h5,7,9,11,13H,4,6,8H2,1-3H3,(H,15,16)/t11-,13-/m1/s1. The summed E-state index contributed by atoms with van der Waals surface area (Å²) in [5.41, 5.74) is 0.620. The van der Waals surface area contributed by atoms with Crippen LogP contribution in [0, 0.1) is 18.8 Å². The Hall–Kier alpha value is -1.29. The summed E-state index contributed by atoms with van der Waals surface area (Å²) >= 11 is 0. The maximum Gasteiger partial charge on any atom is 0.254 e. The number of nitrogens with one attached hydrogen (secondary N) is 1. The van der Waals surface area contributed by atoms with Crippen molar-refractivity contribution in [3.8, 4) is 0 Å². The van der Waals surface area contributed by atoms with E-state index in [1.165, 1.54) is 0 Å². The summed E-state index contributed by atoms with van der Waals surface area (Å²) in [6.07, 6.45) is 2.82. The highest BCUT2D eigenvalue weighted by atomic mass is 16.5. The van der Waals surface area contributed by atoms with E-state index in [2.05, 4.69) is 19.2 Å². The average molecular weight is 251 g/mol. The van der Waals surface area contributed by atoms with Gasteiger partial charge in [-0.25, -0.2) is 0 Å². The quantitative estimate of drug-likeness (QED) is 0.893. The summed E-state index contributed by atoms with van der Waals surface area (Å²) in [5, 5.41) is 2.97. The van der Waals surface area contributed by atoms with Gasteiger partial charge in [-0.05, 0) is 25.3 Å². The number of carbonyl (C=O) groups is 1. The van der Waals surface area contributed by atoms with Crippen LogP contribution in [0.3, 0.4) is 0 Å². The normalized spacial score (nSPS) is 23.6. The Morgan fingerprint density at radius 1 is 1.56 bits per heavy atom. The Balaban J connectivity index is 1.88. The summed E-state index contributed by atoms with van der Waals surface area (Å²) in [4.78, 5) is 11.9. The second kappa shape index (κ2) is 5.57. The molecule has 4 heteroatoms. The lowest BCUT2D eigenvalue weighted by Crippen LogP contribution is -2.34. The molecule has 0 bridgehead atoms. The molecule has 0 aromatic carbocycles. The third-order valence-electron chi connectivity index (χ3n) is 3.55. The van der Waals surface area contributed by atoms with Crippen molar-refractivity contribution in [2.24, 2.45) is 11.8 Å². The van der Waals surface area contributed by atoms with Gasteiger partial charge in [-0.3, -0.25) is 4.79 Å². The van der Waals surface area contributed by atoms with Gasteiger partial charge in [-0.2, -0.15) is 0 Å². The van der Waals surface area contributed by atoms with Crippen molar-refractivity contribution in [2.45, 2.75) is 33.3 Å². The maximum atomic E-state index is 11.9. The number of amides is 1. The molecule has 1 amide bonds. The van der Waals surface area contributed by atoms with Crippen LogP contribution in [0.2, 0.25) is 0 Å². The van der Waals surface area contributed by atoms with E-state index in [-0.39, 0.29) is 12.0 Å². The molecule has 1 aliphatic heterocycles. The van der Waals surface area contributed by atoms with Gasteiger partial charge < -0.3 is 14.5 Å². The number of hydrogen-bond donors (Lipinski definition) is 1. The van der Waals surface area contributed by atoms with Crippen LogP contribution < -0.4 is 5.32 Å². The summed E-state index contributed by atoms with van der Waals surface area (Å²) in [7, 11) is 0. The van der Waals surface area contributed by atoms with Crippen molar-refractivity contribution >= 4 is 5.91 Å². The van der Waals surface area contributed by atoms with E-state index in [1.807, 2.05) is 0 Å². The minimum atomic E-state index is -0.0596. The van der Waals surface area contributed by atoms with Crippen LogP contribution in [-0.2, 0) is 4.74 Å². The fourth-order valence-corrected chi connectivity index (χ4v) is 2.55. The van der Waals surface area contributed by atoms with Crippen LogP contribution >= 0.6 is 0 Å². The van der Waals surface area contributed by atoms with Gasteiger partial charge in [-0.15, -0.1) is 0 Å². The number of rotatable bonds is 4. The molecule has 1 aromatic rings. The first-order valence-electron chi connectivity index (χ1n) is 6.53. The first kappa shape index (κ1) is 13.1. The molecular formula is C14H21NO3. The minimum absolute atomic E-state index is 0.0596. The molecule has 0 unspecified atom stereocenters. The van der Waals surface area contributed by atoms with Crippen LogP contribution in [0.15, 0.2) is 16.7 Å². The lowest BCUT2D eigenvalue weighted by Gasteiger charge is -2.22. The summed E-state index contributed by atoms with van der Waals surface area (Å²) in [6, 6.07) is 1.70. The molecule has 4 nitrogen and oxygen atoms in total. The van der Waals surface area contributed by atoms with Crippen LogP contribution in [-0.4, -0.2) is 25.2 Å². The van der Waals surface area contributed by atoms with Crippen molar-refractivity contribution in [3.63, 3.8) is 0 Å². The Bertz CT molecular complexity index is 411. The molecule has 2 atom stereocenters. The topological polar surface area (TPSA) is 51.5 Å². The van der Waals surface area contributed by atoms with Crippen LogP contribution in [0.4, 0.5) is 0 Å². The molecular weight excluding hydrogens is 230 g/mol. The zero-order valence-corrected chi connectivity index (χ0v) is 11.2. The highest BCUT2D eigenvalue weighted by Crippen LogP contribution is 2.26. The zero-order chi connectivity index (χ0) is 13.1. The van der Waals surface area contributed by atoms with Gasteiger partial charge in [0.25, 0.3) is 5.91 Å². The molecule has 1 aliphatic rings. The molecule has 1 N–H and O–H groups in total. The fraction of sp³-hybridized carbons (Fsp3) is 0.643. The van der Waals surface area contributed by atoms with Crippen LogP contribution in [0.5, 0.6) is 0 Å². The van der Waals surface area contributed by atoms with Crippen LogP contribution in [0.1, 0.15) is 36.4 Å². The molecule has 2 heterocycles. The van der Waals surface area contributed by atoms with Crippen molar-refractivity contribution in [2.75, 3.05) is 13.2 Å². The first-order chi connectivity index (χ1) is 8.59. The number of carbonyl (C=O) groups excluding carboxylic acids is 1. The molecule has 2 rings (SSSR count). The molecule has 0 radical (unpaired) electrons. The van der Waals surface area contributed by atoms with Gasteiger partial charge in [0.1, 0.15) is 5.76 Å². The number of furan rings is 1. The van der Waals surface area contributed by atoms with Gasteiger partial charge in [-0.1, -0.05) is 13.8 Å². The summed E-state index contributed by atoms with van der Waals surface area (Å²) in [5.74, 6) is 1.51. The SMILES string of the molecule is Cc1occc1C(=O)NC[C@H]1CCO[C@@H]1C(C)C. The van der Waals surface area contributed by atoms with E-state index in [9.17, 15) is 4.79 Å². The Kier molecular flexibility index (Phi) is 4.07. The van der Waals surface area contributed by atoms with E-state index in [0.717, 1.165) is 13.0 Å². The monoisotopic (exact) mass is 251 g/mol. The Morgan fingerprint density at radius 3 is 2.94 bits per heavy atom.